The Kier molecular flexibility index (Phi) is 4.76. The van der Waals surface area contributed by atoms with Gasteiger partial charge in [0.25, 0.3) is 0 Å². The molecule has 2 rings (SSSR count). The summed E-state index contributed by atoms with van der Waals surface area (Å²) in [5, 5.41) is 3.08. The van der Waals surface area contributed by atoms with Crippen molar-refractivity contribution in [2.45, 2.75) is 57.0 Å². The number of aryl methyl sites for hydroxylation is 1. The zero-order valence-corrected chi connectivity index (χ0v) is 14.3. The van der Waals surface area contributed by atoms with E-state index in [1.807, 2.05) is 46.0 Å². The van der Waals surface area contributed by atoms with E-state index in [4.69, 9.17) is 0 Å². The van der Waals surface area contributed by atoms with Crippen molar-refractivity contribution in [3.8, 4) is 0 Å². The Balaban J connectivity index is 2.50. The highest BCUT2D eigenvalue weighted by Gasteiger charge is 2.41. The third kappa shape index (κ3) is 3.15. The van der Waals surface area contributed by atoms with E-state index in [-0.39, 0.29) is 5.54 Å². The van der Waals surface area contributed by atoms with E-state index in [1.54, 1.807) is 4.31 Å². The first-order valence-electron chi connectivity index (χ1n) is 7.62. The van der Waals surface area contributed by atoms with Crippen molar-refractivity contribution < 1.29 is 8.42 Å². The molecule has 0 bridgehead atoms. The molecule has 1 aromatic rings. The lowest BCUT2D eigenvalue weighted by Crippen LogP contribution is -2.42. The van der Waals surface area contributed by atoms with Gasteiger partial charge in [-0.25, -0.2) is 8.42 Å². The zero-order chi connectivity index (χ0) is 15.7. The van der Waals surface area contributed by atoms with Gasteiger partial charge in [0.05, 0.1) is 4.90 Å². The van der Waals surface area contributed by atoms with E-state index in [2.05, 4.69) is 5.32 Å². The van der Waals surface area contributed by atoms with E-state index < -0.39 is 10.0 Å². The standard InChI is InChI=1S/C16H26N2O2S/c1-5-14-8-7-13(12-17-4)11-15(14)21(19,20)18-10-6-9-16(18,2)3/h7-8,11,17H,5-6,9-10,12H2,1-4H3. The first-order chi connectivity index (χ1) is 9.82. The van der Waals surface area contributed by atoms with Crippen LogP contribution in [0.25, 0.3) is 0 Å². The molecule has 0 spiro atoms. The van der Waals surface area contributed by atoms with Crippen LogP contribution in [0.5, 0.6) is 0 Å². The summed E-state index contributed by atoms with van der Waals surface area (Å²) < 4.78 is 27.9. The van der Waals surface area contributed by atoms with E-state index in [0.717, 1.165) is 30.4 Å². The summed E-state index contributed by atoms with van der Waals surface area (Å²) in [5.41, 5.74) is 1.62. The number of nitrogens with one attached hydrogen (secondary N) is 1. The van der Waals surface area contributed by atoms with Crippen molar-refractivity contribution in [2.75, 3.05) is 13.6 Å². The third-order valence-corrected chi connectivity index (χ3v) is 6.48. The van der Waals surface area contributed by atoms with Crippen molar-refractivity contribution in [2.24, 2.45) is 0 Å². The first kappa shape index (κ1) is 16.5. The van der Waals surface area contributed by atoms with Gasteiger partial charge >= 0.3 is 0 Å². The summed E-state index contributed by atoms with van der Waals surface area (Å²) in [4.78, 5) is 0.479. The molecule has 0 atom stereocenters. The maximum absolute atomic E-state index is 13.1. The molecule has 1 N–H and O–H groups in total. The van der Waals surface area contributed by atoms with Gasteiger partial charge in [-0.2, -0.15) is 4.31 Å². The molecule has 0 saturated carbocycles. The van der Waals surface area contributed by atoms with E-state index in [1.165, 1.54) is 0 Å². The highest BCUT2D eigenvalue weighted by molar-refractivity contribution is 7.89. The predicted octanol–water partition coefficient (Wildman–Crippen LogP) is 2.53. The van der Waals surface area contributed by atoms with Crippen LogP contribution in [0, 0.1) is 0 Å². The van der Waals surface area contributed by atoms with Crippen LogP contribution in [0.15, 0.2) is 23.1 Å². The fourth-order valence-corrected chi connectivity index (χ4v) is 5.28. The summed E-state index contributed by atoms with van der Waals surface area (Å²) in [6.07, 6.45) is 2.58. The van der Waals surface area contributed by atoms with Crippen LogP contribution < -0.4 is 5.32 Å². The molecular formula is C16H26N2O2S. The lowest BCUT2D eigenvalue weighted by molar-refractivity contribution is 0.291. The number of rotatable bonds is 5. The SMILES string of the molecule is CCc1ccc(CNC)cc1S(=O)(=O)N1CCCC1(C)C. The average Bonchev–Trinajstić information content (AvgIpc) is 2.79. The molecule has 4 nitrogen and oxygen atoms in total. The Morgan fingerprint density at radius 1 is 1.33 bits per heavy atom. The Hall–Kier alpha value is -0.910. The topological polar surface area (TPSA) is 49.4 Å². The van der Waals surface area contributed by atoms with Crippen molar-refractivity contribution in [3.05, 3.63) is 29.3 Å². The van der Waals surface area contributed by atoms with Crippen LogP contribution in [0.4, 0.5) is 0 Å². The molecule has 1 aliphatic heterocycles. The van der Waals surface area contributed by atoms with Gasteiger partial charge in [0.1, 0.15) is 0 Å². The summed E-state index contributed by atoms with van der Waals surface area (Å²) in [6, 6.07) is 5.78. The minimum absolute atomic E-state index is 0.289. The van der Waals surface area contributed by atoms with Crippen LogP contribution in [0.3, 0.4) is 0 Å². The first-order valence-corrected chi connectivity index (χ1v) is 9.06. The van der Waals surface area contributed by atoms with Gasteiger partial charge in [0.15, 0.2) is 0 Å². The monoisotopic (exact) mass is 310 g/mol. The van der Waals surface area contributed by atoms with E-state index >= 15 is 0 Å². The molecule has 1 heterocycles. The van der Waals surface area contributed by atoms with E-state index in [0.29, 0.717) is 18.0 Å². The number of sulfonamides is 1. The number of hydrogen-bond acceptors (Lipinski definition) is 3. The minimum Gasteiger partial charge on any atom is -0.316 e. The molecule has 1 aromatic carbocycles. The lowest BCUT2D eigenvalue weighted by atomic mass is 10.0. The smallest absolute Gasteiger partial charge is 0.243 e. The second-order valence-corrected chi connectivity index (χ2v) is 8.15. The Morgan fingerprint density at radius 2 is 2.05 bits per heavy atom. The van der Waals surface area contributed by atoms with Gasteiger partial charge in [0, 0.05) is 18.6 Å². The molecule has 0 aliphatic carbocycles. The molecule has 0 unspecified atom stereocenters. The van der Waals surface area contributed by atoms with Crippen LogP contribution in [-0.2, 0) is 23.0 Å². The van der Waals surface area contributed by atoms with Gasteiger partial charge in [-0.1, -0.05) is 19.1 Å². The van der Waals surface area contributed by atoms with Crippen molar-refractivity contribution in [3.63, 3.8) is 0 Å². The Morgan fingerprint density at radius 3 is 2.57 bits per heavy atom. The largest absolute Gasteiger partial charge is 0.316 e. The maximum atomic E-state index is 13.1. The minimum atomic E-state index is -3.42. The van der Waals surface area contributed by atoms with Crippen molar-refractivity contribution in [1.82, 2.24) is 9.62 Å². The molecule has 118 valence electrons. The second kappa shape index (κ2) is 6.07. The molecule has 0 aromatic heterocycles. The molecule has 1 aliphatic rings. The number of nitrogens with zero attached hydrogens (tertiary/aromatic N) is 1. The molecule has 21 heavy (non-hydrogen) atoms. The predicted molar refractivity (Wildman–Crippen MR) is 85.8 cm³/mol. The summed E-state index contributed by atoms with van der Waals surface area (Å²) in [6.45, 7) is 7.33. The van der Waals surface area contributed by atoms with Crippen molar-refractivity contribution in [1.29, 1.82) is 0 Å². The maximum Gasteiger partial charge on any atom is 0.243 e. The zero-order valence-electron chi connectivity index (χ0n) is 13.4. The van der Waals surface area contributed by atoms with E-state index in [9.17, 15) is 8.42 Å². The van der Waals surface area contributed by atoms with Crippen LogP contribution >= 0.6 is 0 Å². The molecule has 0 radical (unpaired) electrons. The van der Waals surface area contributed by atoms with Crippen LogP contribution in [0.2, 0.25) is 0 Å². The summed E-state index contributed by atoms with van der Waals surface area (Å²) in [5.74, 6) is 0. The molecule has 0 amide bonds. The number of benzene rings is 1. The van der Waals surface area contributed by atoms with Gasteiger partial charge in [0.2, 0.25) is 10.0 Å². The summed E-state index contributed by atoms with van der Waals surface area (Å²) in [7, 11) is -1.56. The highest BCUT2D eigenvalue weighted by atomic mass is 32.2. The molecule has 1 fully saturated rings. The Labute approximate surface area is 128 Å². The quantitative estimate of drug-likeness (QED) is 0.909. The molecular weight excluding hydrogens is 284 g/mol. The van der Waals surface area contributed by atoms with Gasteiger partial charge in [-0.15, -0.1) is 0 Å². The average molecular weight is 310 g/mol. The fraction of sp³-hybridized carbons (Fsp3) is 0.625. The van der Waals surface area contributed by atoms with Gasteiger partial charge in [-0.05, 0) is 57.4 Å². The Bertz CT molecular complexity index is 609. The molecule has 1 saturated heterocycles. The second-order valence-electron chi connectivity index (χ2n) is 6.32. The van der Waals surface area contributed by atoms with Gasteiger partial charge in [-0.3, -0.25) is 0 Å². The fourth-order valence-electron chi connectivity index (χ4n) is 3.09. The number of hydrogen-bond donors (Lipinski definition) is 1. The molecule has 5 heteroatoms. The van der Waals surface area contributed by atoms with Crippen molar-refractivity contribution >= 4 is 10.0 Å². The van der Waals surface area contributed by atoms with Crippen LogP contribution in [-0.4, -0.2) is 31.9 Å². The van der Waals surface area contributed by atoms with Crippen LogP contribution in [0.1, 0.15) is 44.7 Å². The highest BCUT2D eigenvalue weighted by Crippen LogP contribution is 2.35. The van der Waals surface area contributed by atoms with Gasteiger partial charge < -0.3 is 5.32 Å². The normalized spacial score (nSPS) is 19.0. The third-order valence-electron chi connectivity index (χ3n) is 4.29. The summed E-state index contributed by atoms with van der Waals surface area (Å²) >= 11 is 0. The lowest BCUT2D eigenvalue weighted by Gasteiger charge is -2.31.